The zero-order valence-electron chi connectivity index (χ0n) is 13.2. The second kappa shape index (κ2) is 7.64. The first-order chi connectivity index (χ1) is 11.6. The predicted molar refractivity (Wildman–Crippen MR) is 95.5 cm³/mol. The Morgan fingerprint density at radius 1 is 1.21 bits per heavy atom. The summed E-state index contributed by atoms with van der Waals surface area (Å²) in [5.41, 5.74) is 1.10. The third-order valence-corrected chi connectivity index (χ3v) is 4.41. The molecule has 0 saturated heterocycles. The molecule has 6 heteroatoms. The standard InChI is InChI=1S/C18H20ClN3O2/c19-13-4-3-5-14(10-13)21-18(24)12-8-9-17(20-11-12)22-15-6-1-2-7-16(15)23/h3-5,8-11,15-16,23H,1-2,6-7H2,(H,20,22)(H,21,24)/t15-,16-/m0/s1. The van der Waals surface area contributed by atoms with Gasteiger partial charge in [0.2, 0.25) is 0 Å². The largest absolute Gasteiger partial charge is 0.391 e. The molecule has 1 amide bonds. The molecule has 0 radical (unpaired) electrons. The van der Waals surface area contributed by atoms with Crippen LogP contribution >= 0.6 is 11.6 Å². The number of aliphatic hydroxyl groups is 1. The van der Waals surface area contributed by atoms with Gasteiger partial charge in [-0.2, -0.15) is 0 Å². The quantitative estimate of drug-likeness (QED) is 0.789. The van der Waals surface area contributed by atoms with Gasteiger partial charge in [-0.15, -0.1) is 0 Å². The molecular weight excluding hydrogens is 326 g/mol. The van der Waals surface area contributed by atoms with Gasteiger partial charge in [0.05, 0.1) is 17.7 Å². The maximum absolute atomic E-state index is 12.2. The molecule has 1 aromatic carbocycles. The van der Waals surface area contributed by atoms with Crippen LogP contribution in [0.3, 0.4) is 0 Å². The molecule has 0 spiro atoms. The van der Waals surface area contributed by atoms with Crippen LogP contribution in [0.25, 0.3) is 0 Å². The molecular formula is C18H20ClN3O2. The van der Waals surface area contributed by atoms with Crippen LogP contribution < -0.4 is 10.6 Å². The smallest absolute Gasteiger partial charge is 0.257 e. The average molecular weight is 346 g/mol. The molecule has 24 heavy (non-hydrogen) atoms. The van der Waals surface area contributed by atoms with Crippen LogP contribution in [-0.2, 0) is 0 Å². The molecule has 3 rings (SSSR count). The summed E-state index contributed by atoms with van der Waals surface area (Å²) in [5, 5.41) is 16.6. The summed E-state index contributed by atoms with van der Waals surface area (Å²) in [5.74, 6) is 0.425. The molecule has 126 valence electrons. The Morgan fingerprint density at radius 2 is 2.04 bits per heavy atom. The highest BCUT2D eigenvalue weighted by Crippen LogP contribution is 2.22. The number of rotatable bonds is 4. The second-order valence-electron chi connectivity index (χ2n) is 6.00. The van der Waals surface area contributed by atoms with E-state index < -0.39 is 0 Å². The lowest BCUT2D eigenvalue weighted by Crippen LogP contribution is -2.36. The maximum Gasteiger partial charge on any atom is 0.257 e. The number of hydrogen-bond acceptors (Lipinski definition) is 4. The number of nitrogens with one attached hydrogen (secondary N) is 2. The number of pyridine rings is 1. The minimum absolute atomic E-state index is 0.0254. The van der Waals surface area contributed by atoms with Crippen LogP contribution in [0.2, 0.25) is 5.02 Å². The first kappa shape index (κ1) is 16.7. The zero-order valence-corrected chi connectivity index (χ0v) is 14.0. The molecule has 5 nitrogen and oxygen atoms in total. The van der Waals surface area contributed by atoms with Crippen molar-refractivity contribution in [2.24, 2.45) is 0 Å². The van der Waals surface area contributed by atoms with E-state index >= 15 is 0 Å². The number of amides is 1. The van der Waals surface area contributed by atoms with Gasteiger partial charge in [-0.1, -0.05) is 30.5 Å². The van der Waals surface area contributed by atoms with E-state index in [-0.39, 0.29) is 18.1 Å². The van der Waals surface area contributed by atoms with E-state index in [1.807, 2.05) is 0 Å². The minimum atomic E-state index is -0.341. The van der Waals surface area contributed by atoms with E-state index in [1.165, 1.54) is 6.20 Å². The summed E-state index contributed by atoms with van der Waals surface area (Å²) in [6.07, 6.45) is 5.10. The summed E-state index contributed by atoms with van der Waals surface area (Å²) < 4.78 is 0. The molecule has 2 aromatic rings. The highest BCUT2D eigenvalue weighted by Gasteiger charge is 2.23. The molecule has 0 bridgehead atoms. The van der Waals surface area contributed by atoms with Crippen molar-refractivity contribution in [1.29, 1.82) is 0 Å². The topological polar surface area (TPSA) is 74.2 Å². The molecule has 1 fully saturated rings. The van der Waals surface area contributed by atoms with E-state index in [4.69, 9.17) is 11.6 Å². The Hall–Kier alpha value is -2.11. The fourth-order valence-electron chi connectivity index (χ4n) is 2.85. The third kappa shape index (κ3) is 4.24. The highest BCUT2D eigenvalue weighted by molar-refractivity contribution is 6.30. The summed E-state index contributed by atoms with van der Waals surface area (Å²) in [7, 11) is 0. The fourth-order valence-corrected chi connectivity index (χ4v) is 3.04. The first-order valence-electron chi connectivity index (χ1n) is 8.09. The minimum Gasteiger partial charge on any atom is -0.391 e. The Labute approximate surface area is 146 Å². The molecule has 1 aliphatic rings. The van der Waals surface area contributed by atoms with Crippen molar-refractivity contribution in [3.63, 3.8) is 0 Å². The van der Waals surface area contributed by atoms with Crippen molar-refractivity contribution in [2.45, 2.75) is 37.8 Å². The third-order valence-electron chi connectivity index (χ3n) is 4.17. The van der Waals surface area contributed by atoms with Gasteiger partial charge in [0, 0.05) is 16.9 Å². The summed E-state index contributed by atoms with van der Waals surface area (Å²) in [4.78, 5) is 16.5. The zero-order chi connectivity index (χ0) is 16.9. The van der Waals surface area contributed by atoms with Gasteiger partial charge in [-0.25, -0.2) is 4.98 Å². The lowest BCUT2D eigenvalue weighted by atomic mass is 9.92. The van der Waals surface area contributed by atoms with Crippen LogP contribution in [0.15, 0.2) is 42.6 Å². The molecule has 0 aliphatic heterocycles. The van der Waals surface area contributed by atoms with Crippen molar-refractivity contribution in [3.8, 4) is 0 Å². The highest BCUT2D eigenvalue weighted by atomic mass is 35.5. The SMILES string of the molecule is O=C(Nc1cccc(Cl)c1)c1ccc(N[C@H]2CCCC[C@@H]2O)nc1. The average Bonchev–Trinajstić information content (AvgIpc) is 2.57. The normalized spacial score (nSPS) is 20.4. The Balaban J connectivity index is 1.62. The monoisotopic (exact) mass is 345 g/mol. The lowest BCUT2D eigenvalue weighted by molar-refractivity contribution is 0.102. The summed E-state index contributed by atoms with van der Waals surface area (Å²) in [6, 6.07) is 10.5. The number of carbonyl (C=O) groups is 1. The predicted octanol–water partition coefficient (Wildman–Crippen LogP) is 3.70. The van der Waals surface area contributed by atoms with Gasteiger partial charge in [0.25, 0.3) is 5.91 Å². The molecule has 1 aliphatic carbocycles. The van der Waals surface area contributed by atoms with Gasteiger partial charge in [0.15, 0.2) is 0 Å². The van der Waals surface area contributed by atoms with E-state index in [0.717, 1.165) is 25.7 Å². The number of anilines is 2. The maximum atomic E-state index is 12.2. The van der Waals surface area contributed by atoms with Gasteiger partial charge < -0.3 is 15.7 Å². The van der Waals surface area contributed by atoms with E-state index in [9.17, 15) is 9.90 Å². The van der Waals surface area contributed by atoms with Crippen LogP contribution in [0.1, 0.15) is 36.0 Å². The van der Waals surface area contributed by atoms with Crippen molar-refractivity contribution in [2.75, 3.05) is 10.6 Å². The van der Waals surface area contributed by atoms with Gasteiger partial charge in [-0.3, -0.25) is 4.79 Å². The fraction of sp³-hybridized carbons (Fsp3) is 0.333. The first-order valence-corrected chi connectivity index (χ1v) is 8.47. The van der Waals surface area contributed by atoms with Crippen LogP contribution in [0, 0.1) is 0 Å². The Morgan fingerprint density at radius 3 is 2.75 bits per heavy atom. The van der Waals surface area contributed by atoms with Crippen molar-refractivity contribution in [3.05, 3.63) is 53.2 Å². The molecule has 1 aromatic heterocycles. The van der Waals surface area contributed by atoms with Crippen LogP contribution in [0.5, 0.6) is 0 Å². The van der Waals surface area contributed by atoms with E-state index in [0.29, 0.717) is 22.1 Å². The Kier molecular flexibility index (Phi) is 5.33. The molecule has 2 atom stereocenters. The van der Waals surface area contributed by atoms with E-state index in [1.54, 1.807) is 36.4 Å². The summed E-state index contributed by atoms with van der Waals surface area (Å²) >= 11 is 5.91. The number of carbonyl (C=O) groups excluding carboxylic acids is 1. The Bertz CT molecular complexity index is 706. The molecule has 3 N–H and O–H groups in total. The van der Waals surface area contributed by atoms with Crippen molar-refractivity contribution in [1.82, 2.24) is 4.98 Å². The summed E-state index contributed by atoms with van der Waals surface area (Å²) in [6.45, 7) is 0. The van der Waals surface area contributed by atoms with E-state index in [2.05, 4.69) is 15.6 Å². The van der Waals surface area contributed by atoms with Crippen molar-refractivity contribution < 1.29 is 9.90 Å². The number of nitrogens with zero attached hydrogens (tertiary/aromatic N) is 1. The van der Waals surface area contributed by atoms with Gasteiger partial charge in [0.1, 0.15) is 5.82 Å². The van der Waals surface area contributed by atoms with Crippen LogP contribution in [-0.4, -0.2) is 28.1 Å². The second-order valence-corrected chi connectivity index (χ2v) is 6.44. The lowest BCUT2D eigenvalue weighted by Gasteiger charge is -2.28. The molecule has 1 saturated carbocycles. The number of halogens is 1. The number of hydrogen-bond donors (Lipinski definition) is 3. The number of aromatic nitrogens is 1. The van der Waals surface area contributed by atoms with Crippen LogP contribution in [0.4, 0.5) is 11.5 Å². The number of aliphatic hydroxyl groups excluding tert-OH is 1. The van der Waals surface area contributed by atoms with Crippen molar-refractivity contribution >= 4 is 29.0 Å². The number of benzene rings is 1. The van der Waals surface area contributed by atoms with Gasteiger partial charge >= 0.3 is 0 Å². The van der Waals surface area contributed by atoms with Gasteiger partial charge in [-0.05, 0) is 43.2 Å². The molecule has 1 heterocycles. The molecule has 0 unspecified atom stereocenters.